The molecule has 3 rings (SSSR count). The number of hydrogen-bond acceptors (Lipinski definition) is 6. The van der Waals surface area contributed by atoms with Crippen molar-refractivity contribution >= 4 is 45.0 Å². The van der Waals surface area contributed by atoms with Gasteiger partial charge >= 0.3 is 0 Å². The summed E-state index contributed by atoms with van der Waals surface area (Å²) in [6.45, 7) is 2.92. The smallest absolute Gasteiger partial charge is 0.238 e. The van der Waals surface area contributed by atoms with E-state index >= 15 is 0 Å². The Hall–Kier alpha value is -2.40. The van der Waals surface area contributed by atoms with E-state index in [0.717, 1.165) is 43.6 Å². The number of unbranched alkanes of at least 4 members (excludes halogenated alkanes) is 3. The second-order valence-corrected chi connectivity index (χ2v) is 10.4. The van der Waals surface area contributed by atoms with Crippen LogP contribution in [0.4, 0.5) is 5.69 Å². The van der Waals surface area contributed by atoms with Crippen molar-refractivity contribution in [1.82, 2.24) is 14.8 Å². The number of carbonyl (C=O) groups excluding carboxylic acids is 1. The summed E-state index contributed by atoms with van der Waals surface area (Å²) in [5, 5.41) is 17.8. The molecule has 8 nitrogen and oxygen atoms in total. The highest BCUT2D eigenvalue weighted by atomic mass is 35.5. The van der Waals surface area contributed by atoms with Gasteiger partial charge in [0.25, 0.3) is 0 Å². The molecule has 0 unspecified atom stereocenters. The lowest BCUT2D eigenvalue weighted by Crippen LogP contribution is -2.15. The van der Waals surface area contributed by atoms with Crippen LogP contribution >= 0.6 is 23.4 Å². The number of aromatic nitrogens is 3. The van der Waals surface area contributed by atoms with Crippen molar-refractivity contribution in [2.24, 2.45) is 5.14 Å². The van der Waals surface area contributed by atoms with Crippen LogP contribution < -0.4 is 10.5 Å². The Labute approximate surface area is 203 Å². The minimum Gasteiger partial charge on any atom is -0.325 e. The molecule has 0 aliphatic rings. The zero-order valence-corrected chi connectivity index (χ0v) is 20.6. The average molecular weight is 508 g/mol. The number of carbonyl (C=O) groups is 1. The number of anilines is 1. The number of thioether (sulfide) groups is 1. The Bertz CT molecular complexity index is 1180. The van der Waals surface area contributed by atoms with Crippen molar-refractivity contribution in [2.75, 3.05) is 11.1 Å². The Morgan fingerprint density at radius 1 is 1.06 bits per heavy atom. The van der Waals surface area contributed by atoms with E-state index in [-0.39, 0.29) is 16.6 Å². The van der Waals surface area contributed by atoms with Gasteiger partial charge in [-0.3, -0.25) is 4.79 Å². The number of nitrogens with zero attached hydrogens (tertiary/aromatic N) is 3. The predicted octanol–water partition coefficient (Wildman–Crippen LogP) is 4.56. The van der Waals surface area contributed by atoms with E-state index in [4.69, 9.17) is 16.7 Å². The maximum atomic E-state index is 12.4. The highest BCUT2D eigenvalue weighted by molar-refractivity contribution is 7.99. The van der Waals surface area contributed by atoms with E-state index in [2.05, 4.69) is 22.4 Å². The van der Waals surface area contributed by atoms with Gasteiger partial charge in [-0.15, -0.1) is 10.2 Å². The van der Waals surface area contributed by atoms with Crippen LogP contribution in [0.5, 0.6) is 0 Å². The Morgan fingerprint density at radius 3 is 2.39 bits per heavy atom. The third-order valence-electron chi connectivity index (χ3n) is 4.85. The molecule has 2 aromatic carbocycles. The summed E-state index contributed by atoms with van der Waals surface area (Å²) < 4.78 is 24.8. The van der Waals surface area contributed by atoms with E-state index in [9.17, 15) is 13.2 Å². The van der Waals surface area contributed by atoms with Crippen LogP contribution in [-0.2, 0) is 21.4 Å². The molecule has 1 aromatic heterocycles. The maximum absolute atomic E-state index is 12.4. The lowest BCUT2D eigenvalue weighted by molar-refractivity contribution is -0.113. The van der Waals surface area contributed by atoms with Gasteiger partial charge in [-0.1, -0.05) is 49.5 Å². The number of halogens is 1. The van der Waals surface area contributed by atoms with Crippen LogP contribution in [0.3, 0.4) is 0 Å². The molecular weight excluding hydrogens is 482 g/mol. The summed E-state index contributed by atoms with van der Waals surface area (Å²) in [4.78, 5) is 12.4. The number of primary sulfonamides is 1. The quantitative estimate of drug-likeness (QED) is 0.290. The first-order valence-electron chi connectivity index (χ1n) is 10.5. The molecule has 0 fully saturated rings. The van der Waals surface area contributed by atoms with Crippen molar-refractivity contribution in [3.63, 3.8) is 0 Å². The van der Waals surface area contributed by atoms with Gasteiger partial charge < -0.3 is 9.88 Å². The molecule has 0 radical (unpaired) electrons. The molecule has 1 heterocycles. The van der Waals surface area contributed by atoms with Crippen LogP contribution in [0, 0.1) is 0 Å². The van der Waals surface area contributed by atoms with Gasteiger partial charge in [0.05, 0.1) is 10.6 Å². The summed E-state index contributed by atoms with van der Waals surface area (Å²) in [6, 6.07) is 13.1. The highest BCUT2D eigenvalue weighted by Crippen LogP contribution is 2.26. The van der Waals surface area contributed by atoms with Crippen LogP contribution in [0.2, 0.25) is 5.02 Å². The van der Waals surface area contributed by atoms with Crippen molar-refractivity contribution in [3.05, 3.63) is 53.6 Å². The second-order valence-electron chi connectivity index (χ2n) is 7.43. The fraction of sp³-hybridized carbons (Fsp3) is 0.318. The first-order chi connectivity index (χ1) is 15.8. The number of nitrogens with two attached hydrogens (primary N) is 1. The molecule has 3 aromatic rings. The third kappa shape index (κ3) is 7.29. The monoisotopic (exact) mass is 507 g/mol. The summed E-state index contributed by atoms with van der Waals surface area (Å²) in [5.41, 5.74) is 1.39. The minimum atomic E-state index is -3.78. The number of amides is 1. The van der Waals surface area contributed by atoms with Crippen molar-refractivity contribution in [1.29, 1.82) is 0 Å². The van der Waals surface area contributed by atoms with Crippen LogP contribution in [-0.4, -0.2) is 34.8 Å². The molecule has 0 bridgehead atoms. The molecule has 0 aliphatic carbocycles. The Morgan fingerprint density at radius 2 is 1.76 bits per heavy atom. The fourth-order valence-corrected chi connectivity index (χ4v) is 4.57. The number of hydrogen-bond donors (Lipinski definition) is 2. The molecule has 11 heteroatoms. The zero-order valence-electron chi connectivity index (χ0n) is 18.2. The van der Waals surface area contributed by atoms with Crippen LogP contribution in [0.15, 0.2) is 58.6 Å². The lowest BCUT2D eigenvalue weighted by Gasteiger charge is -2.10. The number of nitrogens with one attached hydrogen (secondary N) is 1. The first kappa shape index (κ1) is 25.2. The lowest BCUT2D eigenvalue weighted by atomic mass is 10.2. The molecule has 1 amide bonds. The SMILES string of the molecule is CCCCCCn1c(SCC(=O)Nc2ccc(S(N)(=O)=O)cc2)nnc1-c1ccc(Cl)cc1. The Balaban J connectivity index is 1.68. The molecule has 33 heavy (non-hydrogen) atoms. The summed E-state index contributed by atoms with van der Waals surface area (Å²) >= 11 is 7.32. The molecule has 0 saturated heterocycles. The van der Waals surface area contributed by atoms with E-state index in [1.807, 2.05) is 28.8 Å². The van der Waals surface area contributed by atoms with Crippen molar-refractivity contribution in [3.8, 4) is 11.4 Å². The highest BCUT2D eigenvalue weighted by Gasteiger charge is 2.16. The van der Waals surface area contributed by atoms with Gasteiger partial charge in [-0.05, 0) is 55.0 Å². The maximum Gasteiger partial charge on any atom is 0.238 e. The van der Waals surface area contributed by atoms with E-state index in [1.54, 1.807) is 0 Å². The molecule has 3 N–H and O–H groups in total. The topological polar surface area (TPSA) is 120 Å². The van der Waals surface area contributed by atoms with Crippen LogP contribution in [0.1, 0.15) is 32.6 Å². The van der Waals surface area contributed by atoms with Crippen molar-refractivity contribution in [2.45, 2.75) is 49.2 Å². The largest absolute Gasteiger partial charge is 0.325 e. The molecular formula is C22H26ClN5O3S2. The van der Waals surface area contributed by atoms with E-state index in [1.165, 1.54) is 36.0 Å². The molecule has 0 spiro atoms. The number of sulfonamides is 1. The summed E-state index contributed by atoms with van der Waals surface area (Å²) in [7, 11) is -3.78. The minimum absolute atomic E-state index is 0.0132. The summed E-state index contributed by atoms with van der Waals surface area (Å²) in [6.07, 6.45) is 4.40. The van der Waals surface area contributed by atoms with Gasteiger partial charge in [0.15, 0.2) is 11.0 Å². The van der Waals surface area contributed by atoms with Gasteiger partial charge in [0.2, 0.25) is 15.9 Å². The summed E-state index contributed by atoms with van der Waals surface area (Å²) in [5.74, 6) is 0.631. The average Bonchev–Trinajstić information content (AvgIpc) is 3.18. The van der Waals surface area contributed by atoms with Gasteiger partial charge in [-0.2, -0.15) is 0 Å². The molecule has 176 valence electrons. The molecule has 0 aliphatic heterocycles. The Kier molecular flexibility index (Phi) is 8.90. The third-order valence-corrected chi connectivity index (χ3v) is 7.00. The van der Waals surface area contributed by atoms with Crippen molar-refractivity contribution < 1.29 is 13.2 Å². The predicted molar refractivity (Wildman–Crippen MR) is 132 cm³/mol. The second kappa shape index (κ2) is 11.6. The molecule has 0 saturated carbocycles. The van der Waals surface area contributed by atoms with Gasteiger partial charge in [0, 0.05) is 22.8 Å². The normalized spacial score (nSPS) is 11.5. The molecule has 0 atom stereocenters. The number of rotatable bonds is 11. The standard InChI is InChI=1S/C22H26ClN5O3S2/c1-2-3-4-5-14-28-21(16-6-8-17(23)9-7-16)26-27-22(28)32-15-20(29)25-18-10-12-19(13-11-18)33(24,30)31/h6-13H,2-5,14-15H2,1H3,(H,25,29)(H2,24,30,31). The van der Waals surface area contributed by atoms with E-state index in [0.29, 0.717) is 15.9 Å². The zero-order chi connectivity index (χ0) is 23.8. The van der Waals surface area contributed by atoms with Gasteiger partial charge in [-0.25, -0.2) is 13.6 Å². The van der Waals surface area contributed by atoms with Crippen LogP contribution in [0.25, 0.3) is 11.4 Å². The number of benzene rings is 2. The van der Waals surface area contributed by atoms with Gasteiger partial charge in [0.1, 0.15) is 0 Å². The van der Waals surface area contributed by atoms with E-state index < -0.39 is 10.0 Å². The fourth-order valence-electron chi connectivity index (χ4n) is 3.16. The first-order valence-corrected chi connectivity index (χ1v) is 13.4.